The summed E-state index contributed by atoms with van der Waals surface area (Å²) in [5, 5.41) is 6.35. The Balaban J connectivity index is 2.13. The summed E-state index contributed by atoms with van der Waals surface area (Å²) in [5.74, 6) is 0.134. The summed E-state index contributed by atoms with van der Waals surface area (Å²) in [7, 11) is 0. The maximum Gasteiger partial charge on any atom is 0.221 e. The number of hydrogen-bond acceptors (Lipinski definition) is 3. The molecule has 0 saturated carbocycles. The zero-order valence-electron chi connectivity index (χ0n) is 11.5. The summed E-state index contributed by atoms with van der Waals surface area (Å²) in [4.78, 5) is 15.7. The quantitative estimate of drug-likeness (QED) is 0.852. The van der Waals surface area contributed by atoms with E-state index in [4.69, 9.17) is 0 Å². The van der Waals surface area contributed by atoms with Crippen LogP contribution < -0.4 is 10.6 Å². The summed E-state index contributed by atoms with van der Waals surface area (Å²) in [6.45, 7) is 9.04. The topological polar surface area (TPSA) is 54.0 Å². The Morgan fingerprint density at radius 2 is 2.17 bits per heavy atom. The Bertz CT molecular complexity index is 447. The molecular weight excluding hydrogens is 226 g/mol. The van der Waals surface area contributed by atoms with Gasteiger partial charge in [-0.2, -0.15) is 0 Å². The lowest BCUT2D eigenvalue weighted by Crippen LogP contribution is -2.33. The molecule has 98 valence electrons. The highest BCUT2D eigenvalue weighted by Crippen LogP contribution is 2.22. The largest absolute Gasteiger partial charge is 0.354 e. The number of nitrogens with zero attached hydrogens (tertiary/aromatic N) is 1. The second kappa shape index (κ2) is 5.06. The molecule has 1 aromatic rings. The van der Waals surface area contributed by atoms with Gasteiger partial charge < -0.3 is 10.6 Å². The lowest BCUT2D eigenvalue weighted by atomic mass is 9.99. The molecule has 0 spiro atoms. The molecule has 1 aromatic heterocycles. The number of rotatable bonds is 3. The smallest absolute Gasteiger partial charge is 0.221 e. The van der Waals surface area contributed by atoms with Crippen LogP contribution in [0.15, 0.2) is 6.07 Å². The number of aromatic nitrogens is 1. The Kier molecular flexibility index (Phi) is 3.66. The van der Waals surface area contributed by atoms with E-state index < -0.39 is 0 Å². The van der Waals surface area contributed by atoms with Crippen LogP contribution in [0.25, 0.3) is 0 Å². The molecule has 0 aliphatic carbocycles. The molecule has 4 nitrogen and oxygen atoms in total. The van der Waals surface area contributed by atoms with Crippen molar-refractivity contribution in [2.75, 3.05) is 6.54 Å². The summed E-state index contributed by atoms with van der Waals surface area (Å²) in [6.07, 6.45) is 0.571. The molecule has 1 amide bonds. The van der Waals surface area contributed by atoms with Crippen molar-refractivity contribution in [1.29, 1.82) is 0 Å². The van der Waals surface area contributed by atoms with Gasteiger partial charge >= 0.3 is 0 Å². The highest BCUT2D eigenvalue weighted by Gasteiger charge is 2.24. The predicted octanol–water partition coefficient (Wildman–Crippen LogP) is 1.55. The first kappa shape index (κ1) is 13.0. The lowest BCUT2D eigenvalue weighted by Gasteiger charge is -2.22. The number of carbonyl (C=O) groups excluding carboxylic acids is 1. The van der Waals surface area contributed by atoms with E-state index in [1.165, 1.54) is 11.1 Å². The summed E-state index contributed by atoms with van der Waals surface area (Å²) >= 11 is 0. The van der Waals surface area contributed by atoms with E-state index in [2.05, 4.69) is 35.5 Å². The number of hydrogen-bond donors (Lipinski definition) is 2. The van der Waals surface area contributed by atoms with E-state index in [0.29, 0.717) is 6.42 Å². The Labute approximate surface area is 108 Å². The molecule has 4 heteroatoms. The Morgan fingerprint density at radius 3 is 2.72 bits per heavy atom. The second-order valence-electron chi connectivity index (χ2n) is 5.17. The van der Waals surface area contributed by atoms with E-state index in [0.717, 1.165) is 17.9 Å². The molecule has 2 rings (SSSR count). The predicted molar refractivity (Wildman–Crippen MR) is 71.4 cm³/mol. The van der Waals surface area contributed by atoms with Crippen LogP contribution in [-0.4, -0.2) is 23.5 Å². The lowest BCUT2D eigenvalue weighted by molar-refractivity contribution is -0.119. The van der Waals surface area contributed by atoms with Gasteiger partial charge in [-0.05, 0) is 44.9 Å². The fourth-order valence-electron chi connectivity index (χ4n) is 2.85. The molecule has 1 saturated heterocycles. The number of amides is 1. The molecule has 1 fully saturated rings. The maximum absolute atomic E-state index is 11.2. The third-order valence-electron chi connectivity index (χ3n) is 3.48. The first-order chi connectivity index (χ1) is 8.47. The molecule has 0 aromatic carbocycles. The molecule has 0 bridgehead atoms. The van der Waals surface area contributed by atoms with Crippen molar-refractivity contribution in [3.05, 3.63) is 28.6 Å². The van der Waals surface area contributed by atoms with Crippen LogP contribution in [0, 0.1) is 20.8 Å². The van der Waals surface area contributed by atoms with Crippen LogP contribution in [0.1, 0.15) is 41.9 Å². The van der Waals surface area contributed by atoms with Gasteiger partial charge in [0.2, 0.25) is 5.91 Å². The van der Waals surface area contributed by atoms with E-state index in [9.17, 15) is 4.79 Å². The first-order valence-electron chi connectivity index (χ1n) is 6.45. The highest BCUT2D eigenvalue weighted by molar-refractivity contribution is 5.78. The van der Waals surface area contributed by atoms with Crippen molar-refractivity contribution in [3.63, 3.8) is 0 Å². The zero-order valence-corrected chi connectivity index (χ0v) is 11.5. The van der Waals surface area contributed by atoms with E-state index in [-0.39, 0.29) is 18.0 Å². The average Bonchev–Trinajstić information content (AvgIpc) is 2.62. The first-order valence-corrected chi connectivity index (χ1v) is 6.45. The molecule has 1 aliphatic heterocycles. The minimum atomic E-state index is 0.134. The van der Waals surface area contributed by atoms with Gasteiger partial charge in [-0.1, -0.05) is 0 Å². The Morgan fingerprint density at radius 1 is 1.44 bits per heavy atom. The Hall–Kier alpha value is -1.42. The fourth-order valence-corrected chi connectivity index (χ4v) is 2.85. The monoisotopic (exact) mass is 247 g/mol. The van der Waals surface area contributed by atoms with Crippen LogP contribution in [0.2, 0.25) is 0 Å². The molecule has 18 heavy (non-hydrogen) atoms. The van der Waals surface area contributed by atoms with Crippen molar-refractivity contribution >= 4 is 5.91 Å². The van der Waals surface area contributed by atoms with Crippen LogP contribution in [0.5, 0.6) is 0 Å². The summed E-state index contributed by atoms with van der Waals surface area (Å²) in [6, 6.07) is 2.56. The van der Waals surface area contributed by atoms with Crippen LogP contribution in [-0.2, 0) is 4.79 Å². The maximum atomic E-state index is 11.2. The minimum Gasteiger partial charge on any atom is -0.354 e. The van der Waals surface area contributed by atoms with Gasteiger partial charge in [-0.15, -0.1) is 0 Å². The molecule has 2 atom stereocenters. The van der Waals surface area contributed by atoms with Crippen molar-refractivity contribution in [1.82, 2.24) is 15.6 Å². The van der Waals surface area contributed by atoms with Gasteiger partial charge in [0, 0.05) is 36.4 Å². The van der Waals surface area contributed by atoms with Gasteiger partial charge in [0.1, 0.15) is 0 Å². The summed E-state index contributed by atoms with van der Waals surface area (Å²) in [5.41, 5.74) is 4.64. The van der Waals surface area contributed by atoms with E-state index in [1.54, 1.807) is 0 Å². The van der Waals surface area contributed by atoms with Gasteiger partial charge in [-0.3, -0.25) is 9.78 Å². The van der Waals surface area contributed by atoms with Crippen LogP contribution in [0.4, 0.5) is 0 Å². The molecular formula is C14H21N3O. The number of pyridine rings is 1. The average molecular weight is 247 g/mol. The van der Waals surface area contributed by atoms with Crippen molar-refractivity contribution in [2.24, 2.45) is 0 Å². The standard InChI is InChI=1S/C14H21N3O/c1-8-5-9(2)16-10(3)14(8)11(4)17-12-6-13(18)15-7-12/h5,11-12,17H,6-7H2,1-4H3,(H,15,18). The highest BCUT2D eigenvalue weighted by atomic mass is 16.1. The molecule has 1 aliphatic rings. The van der Waals surface area contributed by atoms with Crippen molar-refractivity contribution < 1.29 is 4.79 Å². The number of aryl methyl sites for hydroxylation is 3. The summed E-state index contributed by atoms with van der Waals surface area (Å²) < 4.78 is 0. The van der Waals surface area contributed by atoms with Crippen molar-refractivity contribution in [2.45, 2.75) is 46.2 Å². The van der Waals surface area contributed by atoms with Gasteiger partial charge in [0.25, 0.3) is 0 Å². The number of nitrogens with one attached hydrogen (secondary N) is 2. The second-order valence-corrected chi connectivity index (χ2v) is 5.17. The molecule has 2 unspecified atom stereocenters. The van der Waals surface area contributed by atoms with Gasteiger partial charge in [0.15, 0.2) is 0 Å². The number of carbonyl (C=O) groups is 1. The van der Waals surface area contributed by atoms with Crippen LogP contribution in [0.3, 0.4) is 0 Å². The molecule has 2 N–H and O–H groups in total. The normalized spacial score (nSPS) is 20.9. The third kappa shape index (κ3) is 2.70. The zero-order chi connectivity index (χ0) is 13.3. The fraction of sp³-hybridized carbons (Fsp3) is 0.571. The molecule has 0 radical (unpaired) electrons. The van der Waals surface area contributed by atoms with Gasteiger partial charge in [-0.25, -0.2) is 0 Å². The van der Waals surface area contributed by atoms with E-state index >= 15 is 0 Å². The molecule has 2 heterocycles. The van der Waals surface area contributed by atoms with Gasteiger partial charge in [0.05, 0.1) is 0 Å². The minimum absolute atomic E-state index is 0.134. The van der Waals surface area contributed by atoms with Crippen LogP contribution >= 0.6 is 0 Å². The van der Waals surface area contributed by atoms with E-state index in [1.807, 2.05) is 13.8 Å². The SMILES string of the molecule is Cc1cc(C)c(C(C)NC2CNC(=O)C2)c(C)n1. The third-order valence-corrected chi connectivity index (χ3v) is 3.48. The van der Waals surface area contributed by atoms with Crippen molar-refractivity contribution in [3.8, 4) is 0 Å².